The molecular weight excluding hydrogens is 262 g/mol. The van der Waals surface area contributed by atoms with Gasteiger partial charge in [-0.3, -0.25) is 0 Å². The predicted octanol–water partition coefficient (Wildman–Crippen LogP) is 1.37. The lowest BCUT2D eigenvalue weighted by Crippen LogP contribution is -2.19. The van der Waals surface area contributed by atoms with Gasteiger partial charge in [-0.2, -0.15) is 5.10 Å². The monoisotopic (exact) mass is 277 g/mol. The standard InChI is InChI=1S/C13H15N3O4/c1-14-15-9-20-8-10-6-4-5-7-11(10)12(16-19-3)13(17)18-2/h4-7,9H,1,8H2,2-3H3/b15-9?,16-12+. The molecule has 0 N–H and O–H groups in total. The highest BCUT2D eigenvalue weighted by Crippen LogP contribution is 2.12. The van der Waals surface area contributed by atoms with E-state index in [0.717, 1.165) is 12.0 Å². The molecule has 0 aliphatic heterocycles. The molecule has 106 valence electrons. The van der Waals surface area contributed by atoms with Crippen LogP contribution in [0.5, 0.6) is 0 Å². The summed E-state index contributed by atoms with van der Waals surface area (Å²) in [4.78, 5) is 16.4. The van der Waals surface area contributed by atoms with Gasteiger partial charge in [0.15, 0.2) is 12.1 Å². The van der Waals surface area contributed by atoms with Crippen LogP contribution in [0.2, 0.25) is 0 Å². The summed E-state index contributed by atoms with van der Waals surface area (Å²) in [5.41, 5.74) is 1.35. The fourth-order valence-electron chi connectivity index (χ4n) is 1.46. The van der Waals surface area contributed by atoms with Crippen molar-refractivity contribution in [3.05, 3.63) is 35.4 Å². The van der Waals surface area contributed by atoms with E-state index in [0.29, 0.717) is 5.56 Å². The van der Waals surface area contributed by atoms with Crippen molar-refractivity contribution in [2.45, 2.75) is 6.61 Å². The largest absolute Gasteiger partial charge is 0.477 e. The number of carbonyl (C=O) groups is 1. The third kappa shape index (κ3) is 4.20. The van der Waals surface area contributed by atoms with Crippen molar-refractivity contribution in [2.24, 2.45) is 15.4 Å². The Morgan fingerprint density at radius 1 is 1.35 bits per heavy atom. The number of rotatable bonds is 7. The molecular formula is C13H15N3O4. The Morgan fingerprint density at radius 3 is 2.75 bits per heavy atom. The van der Waals surface area contributed by atoms with Crippen molar-refractivity contribution >= 4 is 24.8 Å². The van der Waals surface area contributed by atoms with Gasteiger partial charge in [0.2, 0.25) is 0 Å². The topological polar surface area (TPSA) is 81.8 Å². The van der Waals surface area contributed by atoms with E-state index in [2.05, 4.69) is 31.7 Å². The molecule has 1 rings (SSSR count). The maximum Gasteiger partial charge on any atom is 0.360 e. The molecule has 1 aromatic rings. The maximum absolute atomic E-state index is 11.7. The third-order valence-electron chi connectivity index (χ3n) is 2.28. The van der Waals surface area contributed by atoms with Crippen LogP contribution in [0, 0.1) is 0 Å². The highest BCUT2D eigenvalue weighted by molar-refractivity contribution is 6.43. The number of nitrogens with zero attached hydrogens (tertiary/aromatic N) is 3. The Bertz CT molecular complexity index is 526. The first kappa shape index (κ1) is 15.4. The van der Waals surface area contributed by atoms with Gasteiger partial charge in [-0.1, -0.05) is 29.4 Å². The fourth-order valence-corrected chi connectivity index (χ4v) is 1.46. The van der Waals surface area contributed by atoms with E-state index in [1.165, 1.54) is 14.2 Å². The number of carbonyl (C=O) groups excluding carboxylic acids is 1. The zero-order valence-electron chi connectivity index (χ0n) is 11.3. The van der Waals surface area contributed by atoms with Crippen LogP contribution in [0.1, 0.15) is 11.1 Å². The second-order valence-electron chi connectivity index (χ2n) is 3.44. The van der Waals surface area contributed by atoms with Gasteiger partial charge in [0.05, 0.1) is 7.11 Å². The molecule has 20 heavy (non-hydrogen) atoms. The highest BCUT2D eigenvalue weighted by atomic mass is 16.6. The smallest absolute Gasteiger partial charge is 0.360 e. The van der Waals surface area contributed by atoms with Crippen molar-refractivity contribution < 1.29 is 19.1 Å². The van der Waals surface area contributed by atoms with E-state index in [4.69, 9.17) is 4.74 Å². The number of methoxy groups -OCH3 is 1. The molecule has 7 heteroatoms. The lowest BCUT2D eigenvalue weighted by atomic mass is 10.0. The van der Waals surface area contributed by atoms with Crippen molar-refractivity contribution in [1.29, 1.82) is 0 Å². The summed E-state index contributed by atoms with van der Waals surface area (Å²) in [6.45, 7) is 3.37. The summed E-state index contributed by atoms with van der Waals surface area (Å²) >= 11 is 0. The second-order valence-corrected chi connectivity index (χ2v) is 3.44. The van der Waals surface area contributed by atoms with Crippen LogP contribution in [0.15, 0.2) is 39.6 Å². The Hall–Kier alpha value is -2.70. The molecule has 0 aromatic heterocycles. The Labute approximate surface area is 116 Å². The van der Waals surface area contributed by atoms with Gasteiger partial charge in [-0.05, 0) is 5.56 Å². The van der Waals surface area contributed by atoms with Crippen LogP contribution in [0.4, 0.5) is 0 Å². The predicted molar refractivity (Wildman–Crippen MR) is 74.8 cm³/mol. The molecule has 0 amide bonds. The summed E-state index contributed by atoms with van der Waals surface area (Å²) < 4.78 is 9.85. The minimum Gasteiger partial charge on any atom is -0.477 e. The molecule has 0 bridgehead atoms. The first-order valence-electron chi connectivity index (χ1n) is 5.61. The molecule has 0 saturated carbocycles. The summed E-state index contributed by atoms with van der Waals surface area (Å²) in [5, 5.41) is 10.4. The molecule has 0 aliphatic carbocycles. The molecule has 7 nitrogen and oxygen atoms in total. The van der Waals surface area contributed by atoms with Crippen molar-refractivity contribution in [1.82, 2.24) is 0 Å². The Morgan fingerprint density at radius 2 is 2.10 bits per heavy atom. The Balaban J connectivity index is 3.03. The lowest BCUT2D eigenvalue weighted by Gasteiger charge is -2.09. The van der Waals surface area contributed by atoms with E-state index in [1.54, 1.807) is 18.2 Å². The van der Waals surface area contributed by atoms with Crippen molar-refractivity contribution in [3.8, 4) is 0 Å². The number of ether oxygens (including phenoxy) is 2. The highest BCUT2D eigenvalue weighted by Gasteiger charge is 2.18. The molecule has 0 atom stereocenters. The number of benzene rings is 1. The minimum absolute atomic E-state index is 0.0629. The molecule has 0 fully saturated rings. The van der Waals surface area contributed by atoms with Gasteiger partial charge in [-0.25, -0.2) is 4.79 Å². The van der Waals surface area contributed by atoms with Gasteiger partial charge in [0, 0.05) is 12.3 Å². The molecule has 1 aromatic carbocycles. The van der Waals surface area contributed by atoms with Crippen LogP contribution in [-0.4, -0.2) is 39.0 Å². The van der Waals surface area contributed by atoms with Crippen molar-refractivity contribution in [3.63, 3.8) is 0 Å². The SMILES string of the molecule is C=NN=COCc1ccccc1/C(=N\OC)C(=O)OC. The molecule has 0 spiro atoms. The van der Waals surface area contributed by atoms with Gasteiger partial charge < -0.3 is 14.3 Å². The maximum atomic E-state index is 11.7. The van der Waals surface area contributed by atoms with Crippen molar-refractivity contribution in [2.75, 3.05) is 14.2 Å². The summed E-state index contributed by atoms with van der Waals surface area (Å²) in [6.07, 6.45) is 1.16. The van der Waals surface area contributed by atoms with Gasteiger partial charge in [0.25, 0.3) is 0 Å². The Kier molecular flexibility index (Phi) is 6.46. The number of esters is 1. The zero-order chi connectivity index (χ0) is 14.8. The zero-order valence-corrected chi connectivity index (χ0v) is 11.3. The fraction of sp³-hybridized carbons (Fsp3) is 0.231. The van der Waals surface area contributed by atoms with E-state index in [9.17, 15) is 4.79 Å². The molecule has 0 aliphatic rings. The lowest BCUT2D eigenvalue weighted by molar-refractivity contribution is -0.132. The number of hydrogen-bond donors (Lipinski definition) is 0. The third-order valence-corrected chi connectivity index (χ3v) is 2.28. The average molecular weight is 277 g/mol. The quantitative estimate of drug-likeness (QED) is 0.326. The van der Waals surface area contributed by atoms with E-state index >= 15 is 0 Å². The van der Waals surface area contributed by atoms with Gasteiger partial charge in [-0.15, -0.1) is 5.10 Å². The van der Waals surface area contributed by atoms with Crippen LogP contribution < -0.4 is 0 Å². The first-order valence-corrected chi connectivity index (χ1v) is 5.61. The summed E-state index contributed by atoms with van der Waals surface area (Å²) in [5.74, 6) is -0.597. The number of oxime groups is 1. The normalized spacial score (nSPS) is 11.2. The summed E-state index contributed by atoms with van der Waals surface area (Å²) in [7, 11) is 2.62. The van der Waals surface area contributed by atoms with Crippen LogP contribution >= 0.6 is 0 Å². The molecule has 0 unspecified atom stereocenters. The number of hydrogen-bond acceptors (Lipinski definition) is 7. The van der Waals surface area contributed by atoms with Crippen LogP contribution in [0.3, 0.4) is 0 Å². The summed E-state index contributed by atoms with van der Waals surface area (Å²) in [6, 6.07) is 7.09. The van der Waals surface area contributed by atoms with E-state index in [1.807, 2.05) is 6.07 Å². The van der Waals surface area contributed by atoms with E-state index in [-0.39, 0.29) is 12.3 Å². The van der Waals surface area contributed by atoms with E-state index < -0.39 is 5.97 Å². The van der Waals surface area contributed by atoms with Crippen LogP contribution in [0.25, 0.3) is 0 Å². The molecule has 0 saturated heterocycles. The molecule has 0 radical (unpaired) electrons. The second kappa shape index (κ2) is 8.41. The average Bonchev–Trinajstić information content (AvgIpc) is 2.49. The van der Waals surface area contributed by atoms with Crippen LogP contribution in [-0.2, 0) is 25.7 Å². The van der Waals surface area contributed by atoms with Gasteiger partial charge in [0.1, 0.15) is 13.7 Å². The minimum atomic E-state index is -0.597. The first-order chi connectivity index (χ1) is 9.74. The molecule has 0 heterocycles. The van der Waals surface area contributed by atoms with Gasteiger partial charge >= 0.3 is 5.97 Å².